The molecule has 1 fully saturated rings. The van der Waals surface area contributed by atoms with Crippen LogP contribution in [0.15, 0.2) is 71.3 Å². The average molecular weight is 438 g/mol. The van der Waals surface area contributed by atoms with Crippen LogP contribution in [0.4, 0.5) is 10.1 Å². The van der Waals surface area contributed by atoms with Gasteiger partial charge in [0.1, 0.15) is 17.3 Å². The fourth-order valence-electron chi connectivity index (χ4n) is 3.99. The molecule has 1 amide bonds. The van der Waals surface area contributed by atoms with Gasteiger partial charge in [0.25, 0.3) is 5.91 Å². The molecule has 1 N–H and O–H groups in total. The second-order valence-corrected chi connectivity index (χ2v) is 7.70. The molecule has 0 bridgehead atoms. The van der Waals surface area contributed by atoms with E-state index in [0.717, 1.165) is 43.4 Å². The molecule has 1 saturated heterocycles. The number of furan rings is 1. The zero-order valence-electron chi connectivity index (χ0n) is 18.2. The maximum Gasteiger partial charge on any atom is 0.251 e. The zero-order chi connectivity index (χ0) is 22.3. The molecule has 3 aromatic rings. The molecule has 1 atom stereocenters. The van der Waals surface area contributed by atoms with E-state index in [9.17, 15) is 9.18 Å². The van der Waals surface area contributed by atoms with Crippen molar-refractivity contribution < 1.29 is 18.3 Å². The van der Waals surface area contributed by atoms with E-state index in [4.69, 9.17) is 9.15 Å². The van der Waals surface area contributed by atoms with Crippen LogP contribution in [0.1, 0.15) is 29.1 Å². The van der Waals surface area contributed by atoms with Crippen molar-refractivity contribution in [3.8, 4) is 5.75 Å². The largest absolute Gasteiger partial charge is 0.494 e. The number of nitrogens with zero attached hydrogens (tertiary/aromatic N) is 2. The molecule has 168 valence electrons. The number of amides is 1. The summed E-state index contributed by atoms with van der Waals surface area (Å²) in [4.78, 5) is 17.3. The van der Waals surface area contributed by atoms with Crippen LogP contribution in [0.5, 0.6) is 5.75 Å². The summed E-state index contributed by atoms with van der Waals surface area (Å²) in [5.74, 6) is 1.21. The van der Waals surface area contributed by atoms with Gasteiger partial charge in [0, 0.05) is 44.0 Å². The van der Waals surface area contributed by atoms with Crippen molar-refractivity contribution in [3.05, 3.63) is 84.1 Å². The van der Waals surface area contributed by atoms with Crippen LogP contribution in [0, 0.1) is 5.82 Å². The van der Waals surface area contributed by atoms with Crippen molar-refractivity contribution in [1.82, 2.24) is 10.2 Å². The average Bonchev–Trinajstić information content (AvgIpc) is 3.35. The molecule has 0 saturated carbocycles. The van der Waals surface area contributed by atoms with E-state index in [2.05, 4.69) is 15.1 Å². The lowest BCUT2D eigenvalue weighted by molar-refractivity contribution is 0.0923. The summed E-state index contributed by atoms with van der Waals surface area (Å²) in [6.45, 7) is 6.20. The number of nitrogens with one attached hydrogen (secondary N) is 1. The molecule has 6 nitrogen and oxygen atoms in total. The van der Waals surface area contributed by atoms with E-state index >= 15 is 0 Å². The van der Waals surface area contributed by atoms with Crippen molar-refractivity contribution in [1.29, 1.82) is 0 Å². The first kappa shape index (κ1) is 21.9. The quantitative estimate of drug-likeness (QED) is 0.575. The van der Waals surface area contributed by atoms with Crippen LogP contribution in [0.3, 0.4) is 0 Å². The molecule has 2 aromatic carbocycles. The van der Waals surface area contributed by atoms with Crippen LogP contribution in [0.25, 0.3) is 0 Å². The number of benzene rings is 2. The van der Waals surface area contributed by atoms with E-state index in [-0.39, 0.29) is 17.8 Å². The highest BCUT2D eigenvalue weighted by molar-refractivity contribution is 5.94. The van der Waals surface area contributed by atoms with Gasteiger partial charge in [-0.3, -0.25) is 9.69 Å². The summed E-state index contributed by atoms with van der Waals surface area (Å²) < 4.78 is 24.4. The monoisotopic (exact) mass is 437 g/mol. The van der Waals surface area contributed by atoms with Crippen LogP contribution in [-0.4, -0.2) is 50.1 Å². The minimum Gasteiger partial charge on any atom is -0.494 e. The molecule has 1 aliphatic rings. The third-order valence-corrected chi connectivity index (χ3v) is 5.70. The lowest BCUT2D eigenvalue weighted by Gasteiger charge is -2.39. The second kappa shape index (κ2) is 10.3. The fraction of sp³-hybridized carbons (Fsp3) is 0.320. The van der Waals surface area contributed by atoms with Gasteiger partial charge >= 0.3 is 0 Å². The fourth-order valence-corrected chi connectivity index (χ4v) is 3.99. The molecular formula is C25H28FN3O3. The van der Waals surface area contributed by atoms with Gasteiger partial charge in [-0.05, 0) is 67.6 Å². The highest BCUT2D eigenvalue weighted by Crippen LogP contribution is 2.25. The zero-order valence-corrected chi connectivity index (χ0v) is 18.2. The van der Waals surface area contributed by atoms with Gasteiger partial charge in [-0.25, -0.2) is 4.39 Å². The number of hydrogen-bond acceptors (Lipinski definition) is 5. The van der Waals surface area contributed by atoms with Crippen LogP contribution in [-0.2, 0) is 0 Å². The summed E-state index contributed by atoms with van der Waals surface area (Å²) >= 11 is 0. The summed E-state index contributed by atoms with van der Waals surface area (Å²) in [7, 11) is 0. The molecule has 0 radical (unpaired) electrons. The van der Waals surface area contributed by atoms with Gasteiger partial charge in [0.2, 0.25) is 0 Å². The molecule has 32 heavy (non-hydrogen) atoms. The molecule has 7 heteroatoms. The van der Waals surface area contributed by atoms with Gasteiger partial charge in [0.15, 0.2) is 0 Å². The van der Waals surface area contributed by atoms with Gasteiger partial charge in [-0.2, -0.15) is 0 Å². The van der Waals surface area contributed by atoms with Gasteiger partial charge in [0.05, 0.1) is 18.9 Å². The van der Waals surface area contributed by atoms with E-state index in [1.54, 1.807) is 30.5 Å². The molecule has 0 aliphatic carbocycles. The minimum absolute atomic E-state index is 0.0629. The standard InChI is InChI=1S/C25H28FN3O3/c1-2-31-22-11-5-19(6-12-22)25(30)27-18-23(24-4-3-17-32-24)29-15-13-28(14-16-29)21-9-7-20(26)8-10-21/h3-12,17,23H,2,13-16,18H2,1H3,(H,27,30). The second-order valence-electron chi connectivity index (χ2n) is 7.70. The van der Waals surface area contributed by atoms with Crippen molar-refractivity contribution in [2.24, 2.45) is 0 Å². The third kappa shape index (κ3) is 5.29. The molecule has 4 rings (SSSR count). The van der Waals surface area contributed by atoms with Gasteiger partial charge in [-0.15, -0.1) is 0 Å². The summed E-state index contributed by atoms with van der Waals surface area (Å²) in [6, 6.07) is 17.5. The number of carbonyl (C=O) groups is 1. The Morgan fingerprint density at radius 3 is 2.41 bits per heavy atom. The van der Waals surface area contributed by atoms with E-state index < -0.39 is 0 Å². The molecule has 2 heterocycles. The first-order valence-corrected chi connectivity index (χ1v) is 10.9. The maximum absolute atomic E-state index is 13.2. The number of ether oxygens (including phenoxy) is 1. The van der Waals surface area contributed by atoms with Gasteiger partial charge < -0.3 is 19.4 Å². The number of carbonyl (C=O) groups excluding carboxylic acids is 1. The number of piperazine rings is 1. The summed E-state index contributed by atoms with van der Waals surface area (Å²) in [6.07, 6.45) is 1.66. The van der Waals surface area contributed by atoms with Crippen LogP contribution < -0.4 is 15.0 Å². The van der Waals surface area contributed by atoms with Crippen molar-refractivity contribution in [2.75, 3.05) is 44.2 Å². The van der Waals surface area contributed by atoms with Gasteiger partial charge in [-0.1, -0.05) is 0 Å². The Bertz CT molecular complexity index is 982. The van der Waals surface area contributed by atoms with E-state index in [1.165, 1.54) is 12.1 Å². The van der Waals surface area contributed by atoms with Crippen molar-refractivity contribution >= 4 is 11.6 Å². The smallest absolute Gasteiger partial charge is 0.251 e. The number of hydrogen-bond donors (Lipinski definition) is 1. The Hall–Kier alpha value is -3.32. The van der Waals surface area contributed by atoms with E-state index in [1.807, 2.05) is 31.2 Å². The molecule has 1 aliphatic heterocycles. The Balaban J connectivity index is 1.38. The Kier molecular flexibility index (Phi) is 7.07. The topological polar surface area (TPSA) is 58.0 Å². The third-order valence-electron chi connectivity index (χ3n) is 5.70. The van der Waals surface area contributed by atoms with Crippen molar-refractivity contribution in [3.63, 3.8) is 0 Å². The first-order chi connectivity index (χ1) is 15.6. The normalized spacial score (nSPS) is 15.4. The number of rotatable bonds is 8. The molecule has 1 unspecified atom stereocenters. The minimum atomic E-state index is -0.228. The molecular weight excluding hydrogens is 409 g/mol. The maximum atomic E-state index is 13.2. The lowest BCUT2D eigenvalue weighted by Crippen LogP contribution is -2.49. The molecule has 0 spiro atoms. The number of anilines is 1. The lowest BCUT2D eigenvalue weighted by atomic mass is 10.1. The van der Waals surface area contributed by atoms with Crippen molar-refractivity contribution in [2.45, 2.75) is 13.0 Å². The predicted molar refractivity (Wildman–Crippen MR) is 122 cm³/mol. The first-order valence-electron chi connectivity index (χ1n) is 10.9. The highest BCUT2D eigenvalue weighted by atomic mass is 19.1. The van der Waals surface area contributed by atoms with E-state index in [0.29, 0.717) is 18.7 Å². The molecule has 1 aromatic heterocycles. The predicted octanol–water partition coefficient (Wildman–Crippen LogP) is 4.11. The Morgan fingerprint density at radius 1 is 1.06 bits per heavy atom. The Labute approximate surface area is 187 Å². The van der Waals surface area contributed by atoms with Crippen LogP contribution in [0.2, 0.25) is 0 Å². The Morgan fingerprint density at radius 2 is 1.78 bits per heavy atom. The van der Waals surface area contributed by atoms with Crippen LogP contribution >= 0.6 is 0 Å². The SMILES string of the molecule is CCOc1ccc(C(=O)NCC(c2ccco2)N2CCN(c3ccc(F)cc3)CC2)cc1. The highest BCUT2D eigenvalue weighted by Gasteiger charge is 2.27. The summed E-state index contributed by atoms with van der Waals surface area (Å²) in [5, 5.41) is 3.05. The summed E-state index contributed by atoms with van der Waals surface area (Å²) in [5.41, 5.74) is 1.61. The number of halogens is 1.